The Balaban J connectivity index is 4.57. The minimum atomic E-state index is -0.549. The number of ether oxygens (including phenoxy) is 1. The van der Waals surface area contributed by atoms with Gasteiger partial charge in [0.1, 0.15) is 5.60 Å². The third-order valence-corrected chi connectivity index (χ3v) is 2.21. The van der Waals surface area contributed by atoms with Gasteiger partial charge in [0.2, 0.25) is 0 Å². The van der Waals surface area contributed by atoms with Gasteiger partial charge in [-0.2, -0.15) is 0 Å². The summed E-state index contributed by atoms with van der Waals surface area (Å²) in [6, 6.07) is -0.482. The molecule has 0 radical (unpaired) electrons. The van der Waals surface area contributed by atoms with Crippen molar-refractivity contribution in [1.82, 2.24) is 5.32 Å². The summed E-state index contributed by atoms with van der Waals surface area (Å²) in [5, 5.41) is 2.64. The fourth-order valence-electron chi connectivity index (χ4n) is 1.36. The molecule has 0 aromatic rings. The Kier molecular flexibility index (Phi) is 5.66. The lowest BCUT2D eigenvalue weighted by Gasteiger charge is -2.25. The van der Waals surface area contributed by atoms with Gasteiger partial charge in [-0.05, 0) is 26.7 Å². The van der Waals surface area contributed by atoms with Crippen LogP contribution in [-0.4, -0.2) is 23.5 Å². The van der Waals surface area contributed by atoms with Crippen molar-refractivity contribution in [2.75, 3.05) is 0 Å². The van der Waals surface area contributed by atoms with Crippen molar-refractivity contribution < 1.29 is 14.3 Å². The van der Waals surface area contributed by atoms with Gasteiger partial charge in [0.05, 0.1) is 6.04 Å². The zero-order valence-corrected chi connectivity index (χ0v) is 12.0. The number of rotatable bonds is 4. The van der Waals surface area contributed by atoms with Gasteiger partial charge in [-0.15, -0.1) is 0 Å². The maximum atomic E-state index is 11.9. The van der Waals surface area contributed by atoms with E-state index in [4.69, 9.17) is 4.74 Å². The minimum absolute atomic E-state index is 0.0332. The molecular formula is C13H25NO3. The first-order valence-corrected chi connectivity index (χ1v) is 6.08. The lowest BCUT2D eigenvalue weighted by atomic mass is 9.93. The van der Waals surface area contributed by atoms with E-state index in [1.807, 2.05) is 27.7 Å². The van der Waals surface area contributed by atoms with Gasteiger partial charge >= 0.3 is 6.09 Å². The van der Waals surface area contributed by atoms with Gasteiger partial charge in [-0.1, -0.05) is 27.7 Å². The first-order chi connectivity index (χ1) is 7.54. The number of hydrogen-bond donors (Lipinski definition) is 1. The molecular weight excluding hydrogens is 218 g/mol. The zero-order valence-electron chi connectivity index (χ0n) is 12.0. The van der Waals surface area contributed by atoms with Gasteiger partial charge in [0.25, 0.3) is 0 Å². The third kappa shape index (κ3) is 6.29. The summed E-state index contributed by atoms with van der Waals surface area (Å²) in [7, 11) is 0. The van der Waals surface area contributed by atoms with E-state index in [2.05, 4.69) is 5.32 Å². The second-order valence-corrected chi connectivity index (χ2v) is 5.92. The van der Waals surface area contributed by atoms with Gasteiger partial charge in [-0.3, -0.25) is 4.79 Å². The van der Waals surface area contributed by atoms with E-state index in [9.17, 15) is 9.59 Å². The molecule has 0 heterocycles. The number of Topliss-reactive ketones (excluding diaryl/α,β-unsaturated/α-hetero) is 1. The fourth-order valence-corrected chi connectivity index (χ4v) is 1.36. The Hall–Kier alpha value is -1.06. The highest BCUT2D eigenvalue weighted by molar-refractivity contribution is 5.89. The Morgan fingerprint density at radius 3 is 1.82 bits per heavy atom. The van der Waals surface area contributed by atoms with Gasteiger partial charge < -0.3 is 10.1 Å². The normalized spacial score (nSPS) is 13.7. The predicted octanol–water partition coefficient (Wildman–Crippen LogP) is 2.76. The Bertz CT molecular complexity index is 277. The summed E-state index contributed by atoms with van der Waals surface area (Å²) in [6.45, 7) is 12.8. The molecule has 100 valence electrons. The smallest absolute Gasteiger partial charge is 0.408 e. The number of hydrogen-bond acceptors (Lipinski definition) is 3. The van der Waals surface area contributed by atoms with E-state index in [0.717, 1.165) is 0 Å². The molecule has 1 atom stereocenters. The van der Waals surface area contributed by atoms with Gasteiger partial charge in [-0.25, -0.2) is 4.79 Å². The largest absolute Gasteiger partial charge is 0.444 e. The van der Waals surface area contributed by atoms with E-state index >= 15 is 0 Å². The van der Waals surface area contributed by atoms with Crippen LogP contribution in [0.25, 0.3) is 0 Å². The summed E-state index contributed by atoms with van der Waals surface area (Å²) in [5.41, 5.74) is -0.549. The molecule has 0 aromatic carbocycles. The molecule has 0 aliphatic carbocycles. The highest BCUT2D eigenvalue weighted by atomic mass is 16.6. The summed E-state index contributed by atoms with van der Waals surface area (Å²) >= 11 is 0. The van der Waals surface area contributed by atoms with Gasteiger partial charge in [0.15, 0.2) is 5.78 Å². The lowest BCUT2D eigenvalue weighted by Crippen LogP contribution is -2.47. The van der Waals surface area contributed by atoms with E-state index in [1.54, 1.807) is 20.8 Å². The van der Waals surface area contributed by atoms with Crippen LogP contribution in [-0.2, 0) is 9.53 Å². The van der Waals surface area contributed by atoms with Crippen molar-refractivity contribution in [3.63, 3.8) is 0 Å². The maximum Gasteiger partial charge on any atom is 0.408 e. The van der Waals surface area contributed by atoms with Crippen molar-refractivity contribution in [2.24, 2.45) is 11.8 Å². The molecule has 0 spiro atoms. The molecule has 17 heavy (non-hydrogen) atoms. The van der Waals surface area contributed by atoms with Crippen molar-refractivity contribution >= 4 is 11.9 Å². The summed E-state index contributed by atoms with van der Waals surface area (Å²) in [4.78, 5) is 23.5. The van der Waals surface area contributed by atoms with E-state index in [1.165, 1.54) is 0 Å². The number of alkyl carbamates (subject to hydrolysis) is 1. The first-order valence-electron chi connectivity index (χ1n) is 6.08. The number of ketones is 1. The average Bonchev–Trinajstić information content (AvgIpc) is 2.09. The number of amides is 1. The van der Waals surface area contributed by atoms with Crippen molar-refractivity contribution in [2.45, 2.75) is 60.1 Å². The molecule has 0 fully saturated rings. The second kappa shape index (κ2) is 6.03. The molecule has 0 aliphatic heterocycles. The lowest BCUT2D eigenvalue weighted by molar-refractivity contribution is -0.125. The van der Waals surface area contributed by atoms with Crippen LogP contribution in [0.1, 0.15) is 48.5 Å². The minimum Gasteiger partial charge on any atom is -0.444 e. The maximum absolute atomic E-state index is 11.9. The highest BCUT2D eigenvalue weighted by Gasteiger charge is 2.28. The average molecular weight is 243 g/mol. The van der Waals surface area contributed by atoms with Crippen molar-refractivity contribution in [1.29, 1.82) is 0 Å². The summed E-state index contributed by atoms with van der Waals surface area (Å²) in [5.74, 6) is -0.0133. The highest BCUT2D eigenvalue weighted by Crippen LogP contribution is 2.11. The SMILES string of the molecule is CC(C)C(=O)[C@@H](NC(=O)OC(C)(C)C)C(C)C. The molecule has 0 saturated carbocycles. The van der Waals surface area contributed by atoms with Crippen LogP contribution < -0.4 is 5.32 Å². The molecule has 0 aromatic heterocycles. The summed E-state index contributed by atoms with van der Waals surface area (Å²) < 4.78 is 5.15. The zero-order chi connectivity index (χ0) is 13.8. The van der Waals surface area contributed by atoms with Crippen LogP contribution >= 0.6 is 0 Å². The molecule has 0 saturated heterocycles. The predicted molar refractivity (Wildman–Crippen MR) is 67.8 cm³/mol. The standard InChI is InChI=1S/C13H25NO3/c1-8(2)10(11(15)9(3)4)14-12(16)17-13(5,6)7/h8-10H,1-7H3,(H,14,16)/t10-/m0/s1. The second-order valence-electron chi connectivity index (χ2n) is 5.92. The van der Waals surface area contributed by atoms with Crippen LogP contribution in [0.4, 0.5) is 4.79 Å². The first kappa shape index (κ1) is 15.9. The third-order valence-electron chi connectivity index (χ3n) is 2.21. The molecule has 1 amide bonds. The van der Waals surface area contributed by atoms with E-state index < -0.39 is 17.7 Å². The summed E-state index contributed by atoms with van der Waals surface area (Å²) in [6.07, 6.45) is -0.537. The van der Waals surface area contributed by atoms with Crippen LogP contribution in [0.15, 0.2) is 0 Å². The molecule has 0 bridgehead atoms. The Morgan fingerprint density at radius 2 is 1.53 bits per heavy atom. The van der Waals surface area contributed by atoms with Crippen molar-refractivity contribution in [3.05, 3.63) is 0 Å². The molecule has 0 unspecified atom stereocenters. The van der Waals surface area contributed by atoms with Crippen LogP contribution in [0.5, 0.6) is 0 Å². The monoisotopic (exact) mass is 243 g/mol. The molecule has 1 N–H and O–H groups in total. The number of carbonyl (C=O) groups is 2. The molecule has 0 aliphatic rings. The molecule has 0 rings (SSSR count). The Morgan fingerprint density at radius 1 is 1.06 bits per heavy atom. The van der Waals surface area contributed by atoms with Crippen LogP contribution in [0.2, 0.25) is 0 Å². The number of carbonyl (C=O) groups excluding carboxylic acids is 2. The van der Waals surface area contributed by atoms with Crippen LogP contribution in [0.3, 0.4) is 0 Å². The van der Waals surface area contributed by atoms with Crippen molar-refractivity contribution in [3.8, 4) is 0 Å². The van der Waals surface area contributed by atoms with E-state index in [-0.39, 0.29) is 17.6 Å². The fraction of sp³-hybridized carbons (Fsp3) is 0.846. The van der Waals surface area contributed by atoms with E-state index in [0.29, 0.717) is 0 Å². The Labute approximate surface area is 104 Å². The van der Waals surface area contributed by atoms with Gasteiger partial charge in [0, 0.05) is 5.92 Å². The quantitative estimate of drug-likeness (QED) is 0.826. The van der Waals surface area contributed by atoms with Crippen LogP contribution in [0, 0.1) is 11.8 Å². The topological polar surface area (TPSA) is 55.4 Å². The molecule has 4 nitrogen and oxygen atoms in total. The number of nitrogens with one attached hydrogen (secondary N) is 1. The molecule has 4 heteroatoms.